The van der Waals surface area contributed by atoms with Gasteiger partial charge in [-0.3, -0.25) is 9.59 Å². The molecule has 0 aliphatic rings. The Morgan fingerprint density at radius 2 is 1.50 bits per heavy atom. The number of amides is 3. The molecule has 0 fully saturated rings. The van der Waals surface area contributed by atoms with E-state index in [1.165, 1.54) is 0 Å². The Hall–Kier alpha value is -3.54. The molecule has 0 aliphatic heterocycles. The molecule has 14 heteroatoms. The van der Waals surface area contributed by atoms with E-state index in [4.69, 9.17) is 20.9 Å². The fraction of sp³-hybridized carbons (Fsp3) is 0.643. The number of unbranched alkanes of at least 4 members (excludes halogenated alkanes) is 1. The van der Waals surface area contributed by atoms with Crippen molar-refractivity contribution in [1.29, 1.82) is 0 Å². The highest BCUT2D eigenvalue weighted by Gasteiger charge is 2.24. The van der Waals surface area contributed by atoms with Gasteiger partial charge in [-0.2, -0.15) is 0 Å². The monoisotopic (exact) mass is 402 g/mol. The lowest BCUT2D eigenvalue weighted by atomic mass is 10.1. The van der Waals surface area contributed by atoms with Crippen molar-refractivity contribution in [2.24, 2.45) is 5.11 Å². The van der Waals surface area contributed by atoms with E-state index >= 15 is 0 Å². The summed E-state index contributed by atoms with van der Waals surface area (Å²) in [6.45, 7) is -0.128. The zero-order valence-corrected chi connectivity index (χ0v) is 14.8. The van der Waals surface area contributed by atoms with Gasteiger partial charge in [-0.1, -0.05) is 5.11 Å². The first-order valence-corrected chi connectivity index (χ1v) is 8.19. The first-order valence-electron chi connectivity index (χ1n) is 8.19. The maximum Gasteiger partial charge on any atom is 0.326 e. The number of aliphatic carboxylic acids is 3. The number of carbonyl (C=O) groups is 5. The Labute approximate surface area is 158 Å². The van der Waals surface area contributed by atoms with Crippen LogP contribution in [0.1, 0.15) is 32.1 Å². The Morgan fingerprint density at radius 1 is 0.929 bits per heavy atom. The lowest BCUT2D eigenvalue weighted by Gasteiger charge is -2.18. The third-order valence-electron chi connectivity index (χ3n) is 3.37. The van der Waals surface area contributed by atoms with E-state index in [1.54, 1.807) is 0 Å². The third kappa shape index (κ3) is 11.9. The van der Waals surface area contributed by atoms with Crippen molar-refractivity contribution in [2.75, 3.05) is 13.1 Å². The predicted octanol–water partition coefficient (Wildman–Crippen LogP) is -0.346. The van der Waals surface area contributed by atoms with Crippen molar-refractivity contribution in [3.63, 3.8) is 0 Å². The van der Waals surface area contributed by atoms with Crippen molar-refractivity contribution in [3.8, 4) is 0 Å². The second-order valence-corrected chi connectivity index (χ2v) is 5.57. The van der Waals surface area contributed by atoms with Gasteiger partial charge in [0, 0.05) is 17.9 Å². The molecule has 14 nitrogen and oxygen atoms in total. The van der Waals surface area contributed by atoms with Gasteiger partial charge >= 0.3 is 23.9 Å². The fourth-order valence-electron chi connectivity index (χ4n) is 1.99. The minimum Gasteiger partial charge on any atom is -0.481 e. The van der Waals surface area contributed by atoms with Crippen LogP contribution in [0.2, 0.25) is 0 Å². The average molecular weight is 402 g/mol. The van der Waals surface area contributed by atoms with Gasteiger partial charge in [0.25, 0.3) is 0 Å². The number of nitrogens with one attached hydrogen (secondary N) is 3. The van der Waals surface area contributed by atoms with E-state index in [1.807, 2.05) is 5.32 Å². The molecule has 0 aromatic rings. The van der Waals surface area contributed by atoms with E-state index in [2.05, 4.69) is 20.7 Å². The molecule has 6 N–H and O–H groups in total. The molecule has 0 radical (unpaired) electrons. The molecule has 0 rings (SSSR count). The molecule has 0 unspecified atom stereocenters. The molecular formula is C14H22N6O8. The van der Waals surface area contributed by atoms with E-state index in [-0.39, 0.29) is 25.9 Å². The van der Waals surface area contributed by atoms with Gasteiger partial charge < -0.3 is 31.3 Å². The smallest absolute Gasteiger partial charge is 0.326 e. The van der Waals surface area contributed by atoms with Crippen molar-refractivity contribution in [1.82, 2.24) is 16.0 Å². The van der Waals surface area contributed by atoms with E-state index in [9.17, 15) is 24.0 Å². The molecular weight excluding hydrogens is 380 g/mol. The highest BCUT2D eigenvalue weighted by atomic mass is 16.4. The van der Waals surface area contributed by atoms with Crippen LogP contribution in [-0.2, 0) is 19.2 Å². The standard InChI is InChI=1S/C14H22N6O8/c15-20-17-7-10(21)16-6-2-1-3-8(12(24)25)18-14(28)19-9(13(26)27)4-5-11(22)23/h8-9H,1-7H2,(H,16,21)(H,22,23)(H,24,25)(H,26,27)(H2,18,19,28)/t8-,9-/m0/s1. The number of nitrogens with zero attached hydrogens (tertiary/aromatic N) is 3. The molecule has 28 heavy (non-hydrogen) atoms. The number of carboxylic acids is 3. The number of carboxylic acid groups (broad SMARTS) is 3. The molecule has 0 spiro atoms. The SMILES string of the molecule is [N-]=[N+]=NCC(=O)NCCCC[C@H](NC(=O)N[C@@H](CCC(=O)O)C(=O)O)C(=O)O. The molecule has 0 aromatic carbocycles. The zero-order chi connectivity index (χ0) is 21.5. The number of azide groups is 1. The molecule has 0 bridgehead atoms. The average Bonchev–Trinajstić information content (AvgIpc) is 2.61. The first-order chi connectivity index (χ1) is 13.2. The number of urea groups is 1. The normalized spacial score (nSPS) is 12.0. The largest absolute Gasteiger partial charge is 0.481 e. The third-order valence-corrected chi connectivity index (χ3v) is 3.37. The van der Waals surface area contributed by atoms with E-state index < -0.39 is 48.4 Å². The van der Waals surface area contributed by atoms with Gasteiger partial charge in [-0.25, -0.2) is 14.4 Å². The Morgan fingerprint density at radius 3 is 2.00 bits per heavy atom. The predicted molar refractivity (Wildman–Crippen MR) is 92.3 cm³/mol. The quantitative estimate of drug-likeness (QED) is 0.0970. The van der Waals surface area contributed by atoms with Gasteiger partial charge in [0.05, 0.1) is 0 Å². The van der Waals surface area contributed by atoms with Gasteiger partial charge in [0.15, 0.2) is 0 Å². The Balaban J connectivity index is 4.37. The molecule has 0 heterocycles. The van der Waals surface area contributed by atoms with Crippen LogP contribution < -0.4 is 16.0 Å². The van der Waals surface area contributed by atoms with Crippen LogP contribution in [0.15, 0.2) is 5.11 Å². The number of hydrogen-bond acceptors (Lipinski definition) is 6. The molecule has 156 valence electrons. The summed E-state index contributed by atoms with van der Waals surface area (Å²) in [5.41, 5.74) is 8.07. The van der Waals surface area contributed by atoms with Gasteiger partial charge in [-0.05, 0) is 31.2 Å². The second kappa shape index (κ2) is 13.6. The number of hydrogen-bond donors (Lipinski definition) is 6. The minimum atomic E-state index is -1.48. The highest BCUT2D eigenvalue weighted by molar-refractivity contribution is 5.86. The van der Waals surface area contributed by atoms with Crippen molar-refractivity contribution >= 4 is 29.8 Å². The van der Waals surface area contributed by atoms with Crippen LogP contribution in [0.25, 0.3) is 10.4 Å². The first kappa shape index (κ1) is 24.5. The Bertz CT molecular complexity index is 633. The summed E-state index contributed by atoms with van der Waals surface area (Å²) < 4.78 is 0. The van der Waals surface area contributed by atoms with Gasteiger partial charge in [-0.15, -0.1) is 0 Å². The van der Waals surface area contributed by atoms with Crippen LogP contribution in [0.4, 0.5) is 4.79 Å². The van der Waals surface area contributed by atoms with Gasteiger partial charge in [0.1, 0.15) is 18.6 Å². The van der Waals surface area contributed by atoms with Crippen molar-refractivity contribution in [2.45, 2.75) is 44.2 Å². The summed E-state index contributed by atoms with van der Waals surface area (Å²) >= 11 is 0. The molecule has 0 saturated heterocycles. The van der Waals surface area contributed by atoms with E-state index in [0.29, 0.717) is 12.8 Å². The summed E-state index contributed by atoms with van der Waals surface area (Å²) in [5.74, 6) is -4.49. The molecule has 0 saturated carbocycles. The fourth-order valence-corrected chi connectivity index (χ4v) is 1.99. The second-order valence-electron chi connectivity index (χ2n) is 5.57. The maximum absolute atomic E-state index is 11.8. The van der Waals surface area contributed by atoms with Crippen LogP contribution in [0.3, 0.4) is 0 Å². The zero-order valence-electron chi connectivity index (χ0n) is 14.8. The summed E-state index contributed by atoms with van der Waals surface area (Å²) in [7, 11) is 0. The highest BCUT2D eigenvalue weighted by Crippen LogP contribution is 2.03. The molecule has 0 aliphatic carbocycles. The summed E-state index contributed by atoms with van der Waals surface area (Å²) in [4.78, 5) is 58.1. The van der Waals surface area contributed by atoms with Crippen LogP contribution in [0.5, 0.6) is 0 Å². The minimum absolute atomic E-state index is 0.0157. The van der Waals surface area contributed by atoms with Crippen LogP contribution >= 0.6 is 0 Å². The number of rotatable bonds is 14. The maximum atomic E-state index is 11.8. The topological polar surface area (TPSA) is 231 Å². The summed E-state index contributed by atoms with van der Waals surface area (Å²) in [6, 6.07) is -3.82. The van der Waals surface area contributed by atoms with Crippen molar-refractivity contribution in [3.05, 3.63) is 10.4 Å². The van der Waals surface area contributed by atoms with E-state index in [0.717, 1.165) is 0 Å². The molecule has 3 amide bonds. The molecule has 2 atom stereocenters. The van der Waals surface area contributed by atoms with Crippen molar-refractivity contribution < 1.29 is 39.3 Å². The van der Waals surface area contributed by atoms with Crippen LogP contribution in [0, 0.1) is 0 Å². The summed E-state index contributed by atoms with van der Waals surface area (Å²) in [6.07, 6.45) is -0.107. The van der Waals surface area contributed by atoms with Gasteiger partial charge in [0.2, 0.25) is 5.91 Å². The summed E-state index contributed by atoms with van der Waals surface area (Å²) in [5, 5.41) is 36.3. The number of carbonyl (C=O) groups excluding carboxylic acids is 2. The molecule has 0 aromatic heterocycles. The van der Waals surface area contributed by atoms with Crippen LogP contribution in [-0.4, -0.2) is 70.3 Å². The lowest BCUT2D eigenvalue weighted by molar-refractivity contribution is -0.140. The lowest BCUT2D eigenvalue weighted by Crippen LogP contribution is -2.51. The Kier molecular flexibility index (Phi) is 11.9.